The molecule has 0 aliphatic carbocycles. The fourth-order valence-corrected chi connectivity index (χ4v) is 4.22. The van der Waals surface area contributed by atoms with E-state index in [4.69, 9.17) is 4.74 Å². The number of hydrogen-bond acceptors (Lipinski definition) is 3. The Morgan fingerprint density at radius 1 is 1.15 bits per heavy atom. The van der Waals surface area contributed by atoms with Crippen molar-refractivity contribution in [2.24, 2.45) is 5.92 Å². The second-order valence-corrected chi connectivity index (χ2v) is 7.52. The molecule has 1 heterocycles. The van der Waals surface area contributed by atoms with Gasteiger partial charge in [0.1, 0.15) is 0 Å². The highest BCUT2D eigenvalue weighted by Gasteiger charge is 2.43. The van der Waals surface area contributed by atoms with E-state index >= 15 is 0 Å². The number of morpholine rings is 1. The van der Waals surface area contributed by atoms with E-state index in [1.54, 1.807) is 0 Å². The van der Waals surface area contributed by atoms with Crippen molar-refractivity contribution in [1.29, 1.82) is 0 Å². The van der Waals surface area contributed by atoms with E-state index in [2.05, 4.69) is 17.0 Å². The summed E-state index contributed by atoms with van der Waals surface area (Å²) in [6.45, 7) is 8.42. The third-order valence-electron chi connectivity index (χ3n) is 5.79. The van der Waals surface area contributed by atoms with Crippen LogP contribution in [0, 0.1) is 5.92 Å². The van der Waals surface area contributed by atoms with Crippen LogP contribution in [0.4, 0.5) is 0 Å². The van der Waals surface area contributed by atoms with E-state index in [-0.39, 0.29) is 5.92 Å². The molecule has 3 rings (SSSR count). The van der Waals surface area contributed by atoms with E-state index in [0.717, 1.165) is 55.6 Å². The fourth-order valence-electron chi connectivity index (χ4n) is 4.22. The highest BCUT2D eigenvalue weighted by atomic mass is 16.5. The molecule has 0 bridgehead atoms. The molecule has 1 aliphatic rings. The van der Waals surface area contributed by atoms with Crippen LogP contribution >= 0.6 is 0 Å². The Kier molecular flexibility index (Phi) is 5.94. The number of carboxylic acids is 1. The first-order valence-electron chi connectivity index (χ1n) is 9.57. The van der Waals surface area contributed by atoms with Crippen LogP contribution in [0.3, 0.4) is 0 Å². The molecule has 1 unspecified atom stereocenters. The van der Waals surface area contributed by atoms with Gasteiger partial charge in [0.05, 0.1) is 18.6 Å². The first kappa shape index (κ1) is 18.9. The second-order valence-electron chi connectivity index (χ2n) is 7.52. The number of carboxylic acid groups (broad SMARTS) is 1. The van der Waals surface area contributed by atoms with Crippen LogP contribution < -0.4 is 0 Å². The third-order valence-corrected chi connectivity index (χ3v) is 5.79. The van der Waals surface area contributed by atoms with Crippen LogP contribution in [0.1, 0.15) is 32.3 Å². The molecule has 2 aromatic carbocycles. The lowest BCUT2D eigenvalue weighted by molar-refractivity contribution is -0.146. The molecule has 1 N–H and O–H groups in total. The van der Waals surface area contributed by atoms with Gasteiger partial charge in [0.2, 0.25) is 0 Å². The van der Waals surface area contributed by atoms with Gasteiger partial charge in [0, 0.05) is 13.1 Å². The number of benzene rings is 2. The molecule has 1 atom stereocenters. The minimum atomic E-state index is -0.868. The number of rotatable bonds is 7. The van der Waals surface area contributed by atoms with Crippen molar-refractivity contribution in [3.8, 4) is 0 Å². The van der Waals surface area contributed by atoms with Crippen molar-refractivity contribution < 1.29 is 14.6 Å². The molecule has 0 spiro atoms. The molecule has 4 nitrogen and oxygen atoms in total. The zero-order valence-electron chi connectivity index (χ0n) is 15.8. The van der Waals surface area contributed by atoms with Gasteiger partial charge in [-0.05, 0) is 41.6 Å². The number of nitrogens with zero attached hydrogens (tertiary/aromatic N) is 1. The summed E-state index contributed by atoms with van der Waals surface area (Å²) < 4.78 is 5.41. The second kappa shape index (κ2) is 8.19. The maximum absolute atomic E-state index is 12.6. The quantitative estimate of drug-likeness (QED) is 0.817. The molecule has 4 heteroatoms. The molecule has 140 valence electrons. The van der Waals surface area contributed by atoms with Crippen molar-refractivity contribution in [1.82, 2.24) is 4.90 Å². The molecule has 1 saturated heterocycles. The van der Waals surface area contributed by atoms with E-state index in [1.165, 1.54) is 0 Å². The Hall–Kier alpha value is -1.91. The molecule has 1 fully saturated rings. The predicted octanol–water partition coefficient (Wildman–Crippen LogP) is 3.93. The Balaban J connectivity index is 1.92. The molecule has 0 radical (unpaired) electrons. The van der Waals surface area contributed by atoms with Crippen LogP contribution in [-0.2, 0) is 14.9 Å². The van der Waals surface area contributed by atoms with Crippen molar-refractivity contribution >= 4 is 16.7 Å². The van der Waals surface area contributed by atoms with Gasteiger partial charge in [-0.3, -0.25) is 9.69 Å². The summed E-state index contributed by atoms with van der Waals surface area (Å²) in [6, 6.07) is 14.1. The number of aliphatic carboxylic acids is 1. The van der Waals surface area contributed by atoms with E-state index in [0.29, 0.717) is 6.42 Å². The summed E-state index contributed by atoms with van der Waals surface area (Å²) in [5, 5.41) is 12.5. The normalized spacial score (nSPS) is 18.1. The van der Waals surface area contributed by atoms with Gasteiger partial charge >= 0.3 is 5.97 Å². The number of fused-ring (bicyclic) bond motifs is 1. The maximum Gasteiger partial charge on any atom is 0.314 e. The van der Waals surface area contributed by atoms with Crippen LogP contribution in [0.25, 0.3) is 10.8 Å². The molecular weight excluding hydrogens is 326 g/mol. The van der Waals surface area contributed by atoms with Crippen molar-refractivity contribution in [2.45, 2.75) is 32.1 Å². The molecule has 1 aliphatic heterocycles. The largest absolute Gasteiger partial charge is 0.481 e. The minimum absolute atomic E-state index is 0.00972. The molecule has 0 aromatic heterocycles. The molecular formula is C22H29NO3. The standard InChI is InChI=1S/C22H29NO3/c1-17(2)22(21(24)25,11-6-12-23-13-15-26-16-14-23)20-10-5-8-18-7-3-4-9-19(18)20/h3-5,7-10,17H,6,11-16H2,1-2H3,(H,24,25). The van der Waals surface area contributed by atoms with Crippen molar-refractivity contribution in [3.05, 3.63) is 48.0 Å². The molecule has 0 amide bonds. The zero-order valence-corrected chi connectivity index (χ0v) is 15.8. The van der Waals surface area contributed by atoms with Gasteiger partial charge in [-0.2, -0.15) is 0 Å². The minimum Gasteiger partial charge on any atom is -0.481 e. The fraction of sp³-hybridized carbons (Fsp3) is 0.500. The van der Waals surface area contributed by atoms with Gasteiger partial charge in [-0.15, -0.1) is 0 Å². The highest BCUT2D eigenvalue weighted by Crippen LogP contribution is 2.41. The number of hydrogen-bond donors (Lipinski definition) is 1. The summed E-state index contributed by atoms with van der Waals surface area (Å²) in [6.07, 6.45) is 1.51. The lowest BCUT2D eigenvalue weighted by Gasteiger charge is -2.36. The smallest absolute Gasteiger partial charge is 0.314 e. The average molecular weight is 355 g/mol. The summed E-state index contributed by atoms with van der Waals surface area (Å²) in [4.78, 5) is 14.9. The van der Waals surface area contributed by atoms with Crippen LogP contribution in [0.15, 0.2) is 42.5 Å². The summed E-state index contributed by atoms with van der Waals surface area (Å²) in [5.41, 5.74) is 0.0766. The highest BCUT2D eigenvalue weighted by molar-refractivity contribution is 5.93. The van der Waals surface area contributed by atoms with E-state index in [1.807, 2.05) is 44.2 Å². The van der Waals surface area contributed by atoms with Crippen LogP contribution in [-0.4, -0.2) is 48.8 Å². The molecule has 26 heavy (non-hydrogen) atoms. The Bertz CT molecular complexity index is 747. The van der Waals surface area contributed by atoms with Crippen molar-refractivity contribution in [3.63, 3.8) is 0 Å². The maximum atomic E-state index is 12.6. The van der Waals surface area contributed by atoms with Gasteiger partial charge in [0.15, 0.2) is 0 Å². The summed E-state index contributed by atoms with van der Waals surface area (Å²) in [7, 11) is 0. The predicted molar refractivity (Wildman–Crippen MR) is 105 cm³/mol. The Morgan fingerprint density at radius 3 is 2.54 bits per heavy atom. The Labute approximate surface area is 155 Å². The lowest BCUT2D eigenvalue weighted by atomic mass is 9.67. The Morgan fingerprint density at radius 2 is 1.85 bits per heavy atom. The first-order valence-corrected chi connectivity index (χ1v) is 9.57. The summed E-state index contributed by atoms with van der Waals surface area (Å²) in [5.74, 6) is -0.707. The van der Waals surface area contributed by atoms with Crippen LogP contribution in [0.5, 0.6) is 0 Å². The van der Waals surface area contributed by atoms with Gasteiger partial charge in [0.25, 0.3) is 0 Å². The van der Waals surface area contributed by atoms with Crippen LogP contribution in [0.2, 0.25) is 0 Å². The van der Waals surface area contributed by atoms with E-state index in [9.17, 15) is 9.90 Å². The van der Waals surface area contributed by atoms with E-state index < -0.39 is 11.4 Å². The van der Waals surface area contributed by atoms with Crippen molar-refractivity contribution in [2.75, 3.05) is 32.8 Å². The monoisotopic (exact) mass is 355 g/mol. The topological polar surface area (TPSA) is 49.8 Å². The molecule has 2 aromatic rings. The molecule has 0 saturated carbocycles. The number of carbonyl (C=O) groups is 1. The first-order chi connectivity index (χ1) is 12.6. The van der Waals surface area contributed by atoms with Gasteiger partial charge in [-0.1, -0.05) is 56.3 Å². The van der Waals surface area contributed by atoms with Gasteiger partial charge in [-0.25, -0.2) is 0 Å². The average Bonchev–Trinajstić information content (AvgIpc) is 2.65. The van der Waals surface area contributed by atoms with Gasteiger partial charge < -0.3 is 9.84 Å². The summed E-state index contributed by atoms with van der Waals surface area (Å²) >= 11 is 0. The SMILES string of the molecule is CC(C)C(CCCN1CCOCC1)(C(=O)O)c1cccc2ccccc12. The number of ether oxygens (including phenoxy) is 1. The lowest BCUT2D eigenvalue weighted by Crippen LogP contribution is -2.43. The zero-order chi connectivity index (χ0) is 18.6. The third kappa shape index (κ3) is 3.62.